The fraction of sp³-hybridized carbons (Fsp3) is 0.222. The van der Waals surface area contributed by atoms with Gasteiger partial charge in [0.1, 0.15) is 11.6 Å². The molecule has 1 aromatic carbocycles. The molecule has 0 bridgehead atoms. The van der Waals surface area contributed by atoms with Crippen LogP contribution in [0.1, 0.15) is 27.8 Å². The molecule has 2 aromatic rings. The zero-order valence-electron chi connectivity index (χ0n) is 14.7. The van der Waals surface area contributed by atoms with E-state index >= 15 is 0 Å². The summed E-state index contributed by atoms with van der Waals surface area (Å²) >= 11 is 3.38. The van der Waals surface area contributed by atoms with E-state index in [0.29, 0.717) is 5.69 Å². The Kier molecular flexibility index (Phi) is 5.63. The second kappa shape index (κ2) is 7.54. The highest BCUT2D eigenvalue weighted by atomic mass is 79.9. The Bertz CT molecular complexity index is 1030. The zero-order valence-corrected chi connectivity index (χ0v) is 16.3. The molecule has 2 rings (SSSR count). The van der Waals surface area contributed by atoms with Crippen LogP contribution in [0.25, 0.3) is 0 Å². The van der Waals surface area contributed by atoms with E-state index in [2.05, 4.69) is 26.2 Å². The molecule has 0 fully saturated rings. The van der Waals surface area contributed by atoms with Crippen molar-refractivity contribution in [2.75, 3.05) is 5.32 Å². The van der Waals surface area contributed by atoms with Gasteiger partial charge in [-0.05, 0) is 65.5 Å². The lowest BCUT2D eigenvalue weighted by Gasteiger charge is -2.10. The van der Waals surface area contributed by atoms with Crippen molar-refractivity contribution in [2.45, 2.75) is 20.8 Å². The summed E-state index contributed by atoms with van der Waals surface area (Å²) in [5, 5.41) is 21.9. The van der Waals surface area contributed by atoms with Crippen LogP contribution in [0, 0.1) is 32.1 Å². The van der Waals surface area contributed by atoms with Gasteiger partial charge in [0, 0.05) is 17.7 Å². The molecule has 8 heteroatoms. The molecule has 0 aliphatic rings. The second-order valence-electron chi connectivity index (χ2n) is 5.82. The van der Waals surface area contributed by atoms with Gasteiger partial charge in [0.2, 0.25) is 5.88 Å². The highest BCUT2D eigenvalue weighted by molar-refractivity contribution is 9.10. The number of benzene rings is 1. The number of carbonyl (C=O) groups excluding carboxylic acids is 1. The summed E-state index contributed by atoms with van der Waals surface area (Å²) < 4.78 is 1.65. The molecule has 2 amide bonds. The van der Waals surface area contributed by atoms with Gasteiger partial charge in [0.05, 0.1) is 11.3 Å². The van der Waals surface area contributed by atoms with Crippen LogP contribution in [0.4, 0.5) is 10.5 Å². The van der Waals surface area contributed by atoms with E-state index in [4.69, 9.17) is 5.26 Å². The maximum atomic E-state index is 12.1. The first kappa shape index (κ1) is 19.4. The van der Waals surface area contributed by atoms with Crippen LogP contribution in [-0.2, 0) is 7.05 Å². The Labute approximate surface area is 158 Å². The Balaban J connectivity index is 2.35. The number of halogens is 1. The molecule has 1 aromatic heterocycles. The van der Waals surface area contributed by atoms with Gasteiger partial charge in [-0.1, -0.05) is 0 Å². The number of nitrogens with one attached hydrogen (secondary N) is 1. The van der Waals surface area contributed by atoms with Crippen molar-refractivity contribution in [1.29, 1.82) is 5.26 Å². The summed E-state index contributed by atoms with van der Waals surface area (Å²) in [5.74, 6) is -0.365. The number of aromatic nitrogens is 1. The van der Waals surface area contributed by atoms with Gasteiger partial charge in [0.15, 0.2) is 0 Å². The summed E-state index contributed by atoms with van der Waals surface area (Å²) in [7, 11) is 1.33. The lowest BCUT2D eigenvalue weighted by atomic mass is 10.1. The summed E-state index contributed by atoms with van der Waals surface area (Å²) in [6, 6.07) is 4.85. The van der Waals surface area contributed by atoms with Crippen molar-refractivity contribution in [3.05, 3.63) is 54.8 Å². The number of pyridine rings is 1. The molecule has 0 aliphatic heterocycles. The number of aryl methyl sites for hydroxylation is 2. The lowest BCUT2D eigenvalue weighted by molar-refractivity contribution is 0.259. The van der Waals surface area contributed by atoms with Crippen molar-refractivity contribution < 1.29 is 9.90 Å². The van der Waals surface area contributed by atoms with Crippen LogP contribution >= 0.6 is 15.9 Å². The lowest BCUT2D eigenvalue weighted by Crippen LogP contribution is -2.22. The quantitative estimate of drug-likeness (QED) is 0.731. The van der Waals surface area contributed by atoms with Crippen LogP contribution in [-0.4, -0.2) is 21.9 Å². The van der Waals surface area contributed by atoms with Gasteiger partial charge < -0.3 is 10.4 Å². The maximum absolute atomic E-state index is 12.1. The van der Waals surface area contributed by atoms with Crippen LogP contribution in [0.15, 0.2) is 26.4 Å². The molecule has 134 valence electrons. The van der Waals surface area contributed by atoms with Crippen molar-refractivity contribution >= 4 is 33.9 Å². The van der Waals surface area contributed by atoms with Crippen molar-refractivity contribution in [1.82, 2.24) is 4.57 Å². The van der Waals surface area contributed by atoms with Gasteiger partial charge in [-0.2, -0.15) is 5.26 Å². The Morgan fingerprint density at radius 1 is 1.35 bits per heavy atom. The average Bonchev–Trinajstić information content (AvgIpc) is 2.58. The number of rotatable bonds is 2. The minimum absolute atomic E-state index is 0.107. The number of aliphatic imine (C=N–C) groups is 1. The molecule has 0 atom stereocenters. The van der Waals surface area contributed by atoms with E-state index in [1.165, 1.54) is 14.0 Å². The summed E-state index contributed by atoms with van der Waals surface area (Å²) in [4.78, 5) is 27.8. The van der Waals surface area contributed by atoms with Gasteiger partial charge in [-0.3, -0.25) is 9.36 Å². The molecule has 0 saturated carbocycles. The van der Waals surface area contributed by atoms with E-state index in [9.17, 15) is 14.7 Å². The van der Waals surface area contributed by atoms with E-state index in [0.717, 1.165) is 26.4 Å². The second-order valence-corrected chi connectivity index (χ2v) is 6.67. The highest BCUT2D eigenvalue weighted by Crippen LogP contribution is 2.26. The largest absolute Gasteiger partial charge is 0.494 e. The SMILES string of the molecule is Cc1cc(Br)c(NC(=O)N=Cc2c(C)c(C#N)c(=O)n(C)c2O)cc1C. The number of aromatic hydroxyl groups is 1. The van der Waals surface area contributed by atoms with Crippen LogP contribution < -0.4 is 10.9 Å². The molecule has 0 unspecified atom stereocenters. The van der Waals surface area contributed by atoms with Gasteiger partial charge >= 0.3 is 6.03 Å². The molecular weight excluding hydrogens is 400 g/mol. The molecule has 0 saturated heterocycles. The molecule has 0 radical (unpaired) electrons. The minimum Gasteiger partial charge on any atom is -0.494 e. The Morgan fingerprint density at radius 3 is 2.58 bits per heavy atom. The normalized spacial score (nSPS) is 10.8. The number of hydrogen-bond donors (Lipinski definition) is 2. The maximum Gasteiger partial charge on any atom is 0.345 e. The van der Waals surface area contributed by atoms with Gasteiger partial charge in [-0.25, -0.2) is 9.79 Å². The molecule has 0 spiro atoms. The van der Waals surface area contributed by atoms with Gasteiger partial charge in [-0.15, -0.1) is 0 Å². The fourth-order valence-electron chi connectivity index (χ4n) is 2.34. The average molecular weight is 417 g/mol. The number of anilines is 1. The highest BCUT2D eigenvalue weighted by Gasteiger charge is 2.16. The number of nitrogens with zero attached hydrogens (tertiary/aromatic N) is 3. The molecular formula is C18H17BrN4O3. The smallest absolute Gasteiger partial charge is 0.345 e. The molecule has 26 heavy (non-hydrogen) atoms. The first-order valence-corrected chi connectivity index (χ1v) is 8.41. The first-order valence-electron chi connectivity index (χ1n) is 7.61. The summed E-state index contributed by atoms with van der Waals surface area (Å²) in [6.07, 6.45) is 1.13. The molecule has 0 aliphatic carbocycles. The molecule has 2 N–H and O–H groups in total. The van der Waals surface area contributed by atoms with Crippen LogP contribution in [0.2, 0.25) is 0 Å². The van der Waals surface area contributed by atoms with E-state index in [-0.39, 0.29) is 22.6 Å². The van der Waals surface area contributed by atoms with E-state index < -0.39 is 11.6 Å². The number of hydrogen-bond acceptors (Lipinski definition) is 4. The van der Waals surface area contributed by atoms with E-state index in [1.54, 1.807) is 6.07 Å². The minimum atomic E-state index is -0.653. The topological polar surface area (TPSA) is 107 Å². The fourth-order valence-corrected chi connectivity index (χ4v) is 2.90. The first-order chi connectivity index (χ1) is 12.2. The molecule has 7 nitrogen and oxygen atoms in total. The number of amides is 2. The number of urea groups is 1. The van der Waals surface area contributed by atoms with Crippen LogP contribution in [0.3, 0.4) is 0 Å². The predicted octanol–water partition coefficient (Wildman–Crippen LogP) is 3.30. The Hall–Kier alpha value is -2.92. The molecule has 1 heterocycles. The third-order valence-electron chi connectivity index (χ3n) is 4.10. The Morgan fingerprint density at radius 2 is 1.96 bits per heavy atom. The van der Waals surface area contributed by atoms with Crippen LogP contribution in [0.5, 0.6) is 5.88 Å². The van der Waals surface area contributed by atoms with Crippen molar-refractivity contribution in [3.63, 3.8) is 0 Å². The summed E-state index contributed by atoms with van der Waals surface area (Å²) in [6.45, 7) is 5.40. The third kappa shape index (κ3) is 3.68. The van der Waals surface area contributed by atoms with Gasteiger partial charge in [0.25, 0.3) is 5.56 Å². The number of carbonyl (C=O) groups is 1. The monoisotopic (exact) mass is 416 g/mol. The zero-order chi connectivity index (χ0) is 19.6. The van der Waals surface area contributed by atoms with Crippen molar-refractivity contribution in [3.8, 4) is 11.9 Å². The predicted molar refractivity (Wildman–Crippen MR) is 103 cm³/mol. The number of nitriles is 1. The standard InChI is InChI=1S/C18H17BrN4O3/c1-9-5-14(19)15(6-10(9)2)22-18(26)21-8-13-11(3)12(7-20)16(24)23(4)17(13)25/h5-6,8,25H,1-4H3,(H,22,26). The van der Waals surface area contributed by atoms with E-state index in [1.807, 2.05) is 26.0 Å². The summed E-state index contributed by atoms with van der Waals surface area (Å²) in [5.41, 5.74) is 2.34. The van der Waals surface area contributed by atoms with Crippen molar-refractivity contribution in [2.24, 2.45) is 12.0 Å². The third-order valence-corrected chi connectivity index (χ3v) is 4.76.